The molecule has 1 N–H and O–H groups in total. The van der Waals surface area contributed by atoms with Crippen molar-refractivity contribution < 1.29 is 12.8 Å². The average molecular weight is 324 g/mol. The Balaban J connectivity index is 1.44. The third-order valence-electron chi connectivity index (χ3n) is 4.31. The van der Waals surface area contributed by atoms with Crippen LogP contribution < -0.4 is 4.72 Å². The lowest BCUT2D eigenvalue weighted by atomic mass is 10.1. The van der Waals surface area contributed by atoms with Gasteiger partial charge in [-0.3, -0.25) is 4.90 Å². The molecule has 0 spiro atoms. The van der Waals surface area contributed by atoms with Crippen LogP contribution >= 0.6 is 0 Å². The standard InChI is InChI=1S/C16H24N2O3S/c1-13(9-15-3-2-8-21-15)11-18-7-6-14(12-18)10-17-22(19,20)16-4-5-16/h2-3,8-9,14,16-17H,4-7,10-12H2,1H3/b13-9+. The van der Waals surface area contributed by atoms with E-state index in [0.717, 1.165) is 44.7 Å². The zero-order chi connectivity index (χ0) is 15.6. The Morgan fingerprint density at radius 1 is 1.45 bits per heavy atom. The van der Waals surface area contributed by atoms with Crippen molar-refractivity contribution in [2.75, 3.05) is 26.2 Å². The molecule has 5 nitrogen and oxygen atoms in total. The molecule has 3 rings (SSSR count). The molecule has 2 fully saturated rings. The van der Waals surface area contributed by atoms with Gasteiger partial charge in [-0.05, 0) is 56.9 Å². The molecule has 0 aromatic carbocycles. The van der Waals surface area contributed by atoms with E-state index in [9.17, 15) is 8.42 Å². The van der Waals surface area contributed by atoms with Gasteiger partial charge in [-0.25, -0.2) is 13.1 Å². The second kappa shape index (κ2) is 6.56. The number of sulfonamides is 1. The summed E-state index contributed by atoms with van der Waals surface area (Å²) in [5.41, 5.74) is 1.26. The van der Waals surface area contributed by atoms with Gasteiger partial charge >= 0.3 is 0 Å². The molecule has 1 saturated carbocycles. The predicted octanol–water partition coefficient (Wildman–Crippen LogP) is 2.09. The summed E-state index contributed by atoms with van der Waals surface area (Å²) in [7, 11) is -3.04. The molecule has 2 aliphatic rings. The highest BCUT2D eigenvalue weighted by Crippen LogP contribution is 2.27. The third kappa shape index (κ3) is 4.21. The summed E-state index contributed by atoms with van der Waals surface area (Å²) in [4.78, 5) is 2.38. The van der Waals surface area contributed by atoms with Crippen molar-refractivity contribution in [1.82, 2.24) is 9.62 Å². The summed E-state index contributed by atoms with van der Waals surface area (Å²) in [5, 5.41) is -0.122. The topological polar surface area (TPSA) is 62.6 Å². The Morgan fingerprint density at radius 2 is 2.27 bits per heavy atom. The summed E-state index contributed by atoms with van der Waals surface area (Å²) in [5.74, 6) is 1.30. The molecule has 1 atom stereocenters. The number of nitrogens with zero attached hydrogens (tertiary/aromatic N) is 1. The van der Waals surface area contributed by atoms with Gasteiger partial charge in [-0.1, -0.05) is 5.57 Å². The Morgan fingerprint density at radius 3 is 2.95 bits per heavy atom. The molecule has 2 heterocycles. The minimum absolute atomic E-state index is 0.122. The maximum Gasteiger partial charge on any atom is 0.214 e. The van der Waals surface area contributed by atoms with Gasteiger partial charge in [0.05, 0.1) is 11.5 Å². The monoisotopic (exact) mass is 324 g/mol. The quantitative estimate of drug-likeness (QED) is 0.834. The van der Waals surface area contributed by atoms with Crippen molar-refractivity contribution in [3.8, 4) is 0 Å². The number of likely N-dealkylation sites (tertiary alicyclic amines) is 1. The fourth-order valence-corrected chi connectivity index (χ4v) is 4.43. The smallest absolute Gasteiger partial charge is 0.214 e. The molecule has 0 bridgehead atoms. The Bertz CT molecular complexity index is 618. The maximum atomic E-state index is 11.8. The number of hydrogen-bond donors (Lipinski definition) is 1. The minimum Gasteiger partial charge on any atom is -0.465 e. The zero-order valence-electron chi connectivity index (χ0n) is 13.0. The summed E-state index contributed by atoms with van der Waals surface area (Å²) in [6.07, 6.45) is 6.44. The molecule has 1 aliphatic heterocycles. The highest BCUT2D eigenvalue weighted by molar-refractivity contribution is 7.90. The molecular formula is C16H24N2O3S. The zero-order valence-corrected chi connectivity index (χ0v) is 13.8. The van der Waals surface area contributed by atoms with Crippen LogP contribution in [0.1, 0.15) is 31.9 Å². The van der Waals surface area contributed by atoms with Crippen molar-refractivity contribution in [2.45, 2.75) is 31.4 Å². The lowest BCUT2D eigenvalue weighted by Gasteiger charge is -2.16. The molecule has 1 aliphatic carbocycles. The van der Waals surface area contributed by atoms with E-state index in [1.807, 2.05) is 12.1 Å². The summed E-state index contributed by atoms with van der Waals surface area (Å²) in [6.45, 7) is 5.57. The average Bonchev–Trinajstić information content (AvgIpc) is 3.06. The first-order valence-corrected chi connectivity index (χ1v) is 9.49. The fraction of sp³-hybridized carbons (Fsp3) is 0.625. The third-order valence-corrected chi connectivity index (χ3v) is 6.23. The van der Waals surface area contributed by atoms with Gasteiger partial charge in [0.25, 0.3) is 0 Å². The van der Waals surface area contributed by atoms with E-state index in [0.29, 0.717) is 12.5 Å². The first-order valence-electron chi connectivity index (χ1n) is 7.94. The molecule has 0 amide bonds. The van der Waals surface area contributed by atoms with Crippen LogP contribution in [-0.2, 0) is 10.0 Å². The van der Waals surface area contributed by atoms with Crippen molar-refractivity contribution in [1.29, 1.82) is 0 Å². The van der Waals surface area contributed by atoms with Gasteiger partial charge in [-0.15, -0.1) is 0 Å². The largest absolute Gasteiger partial charge is 0.465 e. The van der Waals surface area contributed by atoms with Gasteiger partial charge in [0.1, 0.15) is 5.76 Å². The van der Waals surface area contributed by atoms with Gasteiger partial charge in [0.15, 0.2) is 0 Å². The lowest BCUT2D eigenvalue weighted by Crippen LogP contribution is -2.33. The van der Waals surface area contributed by atoms with E-state index in [-0.39, 0.29) is 5.25 Å². The van der Waals surface area contributed by atoms with Crippen molar-refractivity contribution >= 4 is 16.1 Å². The van der Waals surface area contributed by atoms with Crippen LogP contribution in [0.3, 0.4) is 0 Å². The van der Waals surface area contributed by atoms with Gasteiger partial charge in [-0.2, -0.15) is 0 Å². The normalized spacial score (nSPS) is 24.0. The lowest BCUT2D eigenvalue weighted by molar-refractivity contribution is 0.351. The van der Waals surface area contributed by atoms with Crippen LogP contribution in [0.25, 0.3) is 6.08 Å². The second-order valence-electron chi connectivity index (χ2n) is 6.49. The second-order valence-corrected chi connectivity index (χ2v) is 8.53. The van der Waals surface area contributed by atoms with E-state index >= 15 is 0 Å². The summed E-state index contributed by atoms with van der Waals surface area (Å²) >= 11 is 0. The molecule has 1 saturated heterocycles. The highest BCUT2D eigenvalue weighted by atomic mass is 32.2. The molecule has 1 aromatic rings. The molecule has 0 radical (unpaired) electrons. The van der Waals surface area contributed by atoms with E-state index in [1.54, 1.807) is 6.26 Å². The number of hydrogen-bond acceptors (Lipinski definition) is 4. The van der Waals surface area contributed by atoms with Gasteiger partial charge in [0.2, 0.25) is 10.0 Å². The van der Waals surface area contributed by atoms with Crippen LogP contribution in [-0.4, -0.2) is 44.7 Å². The number of nitrogens with one attached hydrogen (secondary N) is 1. The van der Waals surface area contributed by atoms with Gasteiger partial charge in [0, 0.05) is 19.6 Å². The van der Waals surface area contributed by atoms with Crippen molar-refractivity contribution in [3.63, 3.8) is 0 Å². The minimum atomic E-state index is -3.04. The maximum absolute atomic E-state index is 11.8. The van der Waals surface area contributed by atoms with Crippen molar-refractivity contribution in [3.05, 3.63) is 29.7 Å². The van der Waals surface area contributed by atoms with E-state index in [2.05, 4.69) is 22.6 Å². The van der Waals surface area contributed by atoms with Crippen LogP contribution in [0.4, 0.5) is 0 Å². The molecular weight excluding hydrogens is 300 g/mol. The fourth-order valence-electron chi connectivity index (χ4n) is 2.97. The molecule has 122 valence electrons. The first-order chi connectivity index (χ1) is 10.5. The molecule has 22 heavy (non-hydrogen) atoms. The van der Waals surface area contributed by atoms with Gasteiger partial charge < -0.3 is 4.42 Å². The summed E-state index contributed by atoms with van der Waals surface area (Å²) in [6, 6.07) is 3.83. The Kier molecular flexibility index (Phi) is 4.70. The van der Waals surface area contributed by atoms with Crippen LogP contribution in [0.5, 0.6) is 0 Å². The van der Waals surface area contributed by atoms with Crippen LogP contribution in [0.15, 0.2) is 28.4 Å². The predicted molar refractivity (Wildman–Crippen MR) is 86.9 cm³/mol. The SMILES string of the molecule is C/C(=C\c1ccco1)CN1CCC(CNS(=O)(=O)C2CC2)C1. The summed E-state index contributed by atoms with van der Waals surface area (Å²) < 4.78 is 31.8. The van der Waals surface area contributed by atoms with Crippen molar-refractivity contribution in [2.24, 2.45) is 5.92 Å². The van der Waals surface area contributed by atoms with Crippen LogP contribution in [0.2, 0.25) is 0 Å². The molecule has 6 heteroatoms. The Labute approximate surface area is 132 Å². The molecule has 1 unspecified atom stereocenters. The Hall–Kier alpha value is -1.11. The van der Waals surface area contributed by atoms with E-state index in [4.69, 9.17) is 4.42 Å². The van der Waals surface area contributed by atoms with E-state index < -0.39 is 10.0 Å². The number of rotatable bonds is 7. The number of furan rings is 1. The first kappa shape index (κ1) is 15.8. The molecule has 1 aromatic heterocycles. The highest BCUT2D eigenvalue weighted by Gasteiger charge is 2.36. The van der Waals surface area contributed by atoms with E-state index in [1.165, 1.54) is 5.57 Å². The van der Waals surface area contributed by atoms with Crippen LogP contribution in [0, 0.1) is 5.92 Å².